The van der Waals surface area contributed by atoms with Crippen molar-refractivity contribution >= 4 is 34.1 Å². The topological polar surface area (TPSA) is 61.9 Å². The van der Waals surface area contributed by atoms with Crippen molar-refractivity contribution in [3.05, 3.63) is 170 Å². The van der Waals surface area contributed by atoms with E-state index >= 15 is 0 Å². The van der Waals surface area contributed by atoms with Crippen LogP contribution in [0.15, 0.2) is 170 Å². The van der Waals surface area contributed by atoms with Crippen LogP contribution in [0.2, 0.25) is 0 Å². The molecular weight excluding hydrogens is 1010 g/mol. The quantitative estimate of drug-likeness (QED) is 0.0351. The van der Waals surface area contributed by atoms with Crippen molar-refractivity contribution in [1.82, 2.24) is 0 Å². The summed E-state index contributed by atoms with van der Waals surface area (Å²) < 4.78 is 37.5. The Balaban J connectivity index is 0.979. The fourth-order valence-corrected chi connectivity index (χ4v) is 10.1. The third kappa shape index (κ3) is 22.0. The SMILES string of the molecule is CCCCCCCCOc1ccc(N(c2ccc(OCCCCCCCC)cc2)c2ccc(Oc3ccc(Oc4ccc(N(c5ccc(OCCCCCCCC)cc5)c5ccc(OCCCCCCCC)cc5)cc4)cc3)cc2)cc1. The zero-order valence-corrected chi connectivity index (χ0v) is 50.3. The number of hydrogen-bond acceptors (Lipinski definition) is 8. The lowest BCUT2D eigenvalue weighted by Gasteiger charge is -2.26. The zero-order valence-electron chi connectivity index (χ0n) is 50.3. The number of unbranched alkanes of at least 4 members (excludes halogenated alkanes) is 20. The van der Waals surface area contributed by atoms with Gasteiger partial charge in [0, 0.05) is 34.1 Å². The summed E-state index contributed by atoms with van der Waals surface area (Å²) in [6, 6.07) is 58.0. The first-order chi connectivity index (χ1) is 40.5. The molecule has 7 rings (SSSR count). The second kappa shape index (κ2) is 37.1. The van der Waals surface area contributed by atoms with Crippen molar-refractivity contribution in [2.45, 2.75) is 182 Å². The first-order valence-electron chi connectivity index (χ1n) is 31.7. The monoisotopic (exact) mass is 1110 g/mol. The molecule has 0 radical (unpaired) electrons. The normalized spacial score (nSPS) is 11.1. The van der Waals surface area contributed by atoms with E-state index in [1.54, 1.807) is 0 Å². The van der Waals surface area contributed by atoms with Gasteiger partial charge in [-0.1, -0.05) is 156 Å². The van der Waals surface area contributed by atoms with Gasteiger partial charge in [0.2, 0.25) is 0 Å². The summed E-state index contributed by atoms with van der Waals surface area (Å²) in [5.74, 6) is 6.46. The zero-order chi connectivity index (χ0) is 57.1. The van der Waals surface area contributed by atoms with E-state index in [2.05, 4.69) is 159 Å². The highest BCUT2D eigenvalue weighted by Gasteiger charge is 2.16. The molecular formula is C74H96N2O6. The lowest BCUT2D eigenvalue weighted by molar-refractivity contribution is 0.304. The van der Waals surface area contributed by atoms with Crippen molar-refractivity contribution < 1.29 is 28.4 Å². The van der Waals surface area contributed by atoms with Crippen LogP contribution in [0, 0.1) is 0 Å². The van der Waals surface area contributed by atoms with Gasteiger partial charge in [-0.15, -0.1) is 0 Å². The molecule has 0 amide bonds. The molecule has 82 heavy (non-hydrogen) atoms. The van der Waals surface area contributed by atoms with E-state index < -0.39 is 0 Å². The smallest absolute Gasteiger partial charge is 0.127 e. The predicted molar refractivity (Wildman–Crippen MR) is 344 cm³/mol. The number of benzene rings is 7. The molecule has 0 N–H and O–H groups in total. The highest BCUT2D eigenvalue weighted by Crippen LogP contribution is 2.40. The third-order valence-electron chi connectivity index (χ3n) is 14.9. The number of ether oxygens (including phenoxy) is 6. The predicted octanol–water partition coefficient (Wildman–Crippen LogP) is 23.2. The molecule has 0 aromatic heterocycles. The Labute approximate surface area is 494 Å². The van der Waals surface area contributed by atoms with Crippen LogP contribution in [0.5, 0.6) is 46.0 Å². The first-order valence-corrected chi connectivity index (χ1v) is 31.7. The van der Waals surface area contributed by atoms with E-state index in [-0.39, 0.29) is 0 Å². The van der Waals surface area contributed by atoms with E-state index in [9.17, 15) is 0 Å². The lowest BCUT2D eigenvalue weighted by atomic mass is 10.1. The van der Waals surface area contributed by atoms with Crippen molar-refractivity contribution in [2.75, 3.05) is 36.2 Å². The van der Waals surface area contributed by atoms with Crippen molar-refractivity contribution in [2.24, 2.45) is 0 Å². The molecule has 0 bridgehead atoms. The van der Waals surface area contributed by atoms with E-state index in [0.717, 1.165) is 121 Å². The lowest BCUT2D eigenvalue weighted by Crippen LogP contribution is -2.10. The Hall–Kier alpha value is -7.06. The highest BCUT2D eigenvalue weighted by molar-refractivity contribution is 5.78. The van der Waals surface area contributed by atoms with Gasteiger partial charge in [-0.3, -0.25) is 0 Å². The Morgan fingerprint density at radius 1 is 0.195 bits per heavy atom. The standard InChI is InChI=1S/C74H96N2O6/c1-5-9-13-17-21-25-57-77-67-41-29-61(30-42-67)75(62-31-43-68(44-32-62)78-58-26-22-18-14-10-6-2)65-37-49-71(50-38-65)81-73-53-55-74(56-54-73)82-72-51-39-66(40-52-72)76(63-33-45-69(46-34-63)79-59-27-23-19-15-11-7-3)64-35-47-70(48-36-64)80-60-28-24-20-16-12-8-4/h29-56H,5-28,57-60H2,1-4H3. The summed E-state index contributed by atoms with van der Waals surface area (Å²) >= 11 is 0. The second-order valence-corrected chi connectivity index (χ2v) is 21.8. The molecule has 0 aliphatic rings. The maximum absolute atomic E-state index is 6.40. The molecule has 0 unspecified atom stereocenters. The minimum Gasteiger partial charge on any atom is -0.494 e. The maximum atomic E-state index is 6.40. The number of hydrogen-bond donors (Lipinski definition) is 0. The molecule has 0 saturated heterocycles. The van der Waals surface area contributed by atoms with Crippen LogP contribution in [0.4, 0.5) is 34.1 Å². The molecule has 0 atom stereocenters. The second-order valence-electron chi connectivity index (χ2n) is 21.8. The van der Waals surface area contributed by atoms with Crippen molar-refractivity contribution in [3.8, 4) is 46.0 Å². The summed E-state index contributed by atoms with van der Waals surface area (Å²) in [7, 11) is 0. The summed E-state index contributed by atoms with van der Waals surface area (Å²) in [4.78, 5) is 4.51. The molecule has 0 heterocycles. The van der Waals surface area contributed by atoms with Crippen LogP contribution < -0.4 is 38.2 Å². The van der Waals surface area contributed by atoms with Crippen molar-refractivity contribution in [1.29, 1.82) is 0 Å². The van der Waals surface area contributed by atoms with Gasteiger partial charge in [0.25, 0.3) is 0 Å². The number of anilines is 6. The van der Waals surface area contributed by atoms with Crippen LogP contribution in [0.1, 0.15) is 182 Å². The van der Waals surface area contributed by atoms with Crippen LogP contribution in [-0.2, 0) is 0 Å². The maximum Gasteiger partial charge on any atom is 0.127 e. The summed E-state index contributed by atoms with van der Waals surface area (Å²) in [5.41, 5.74) is 6.16. The first kappa shape index (κ1) is 62.5. The summed E-state index contributed by atoms with van der Waals surface area (Å²) in [5, 5.41) is 0. The van der Waals surface area contributed by atoms with Gasteiger partial charge in [0.05, 0.1) is 26.4 Å². The van der Waals surface area contributed by atoms with Gasteiger partial charge >= 0.3 is 0 Å². The minimum atomic E-state index is 0.716. The number of nitrogens with zero attached hydrogens (tertiary/aromatic N) is 2. The van der Waals surface area contributed by atoms with Crippen LogP contribution >= 0.6 is 0 Å². The van der Waals surface area contributed by atoms with Gasteiger partial charge in [-0.2, -0.15) is 0 Å². The van der Waals surface area contributed by atoms with Crippen LogP contribution in [0.3, 0.4) is 0 Å². The van der Waals surface area contributed by atoms with E-state index in [0.29, 0.717) is 11.5 Å². The average Bonchev–Trinajstić information content (AvgIpc) is 3.58. The fourth-order valence-electron chi connectivity index (χ4n) is 10.1. The molecule has 438 valence electrons. The van der Waals surface area contributed by atoms with E-state index in [1.807, 2.05) is 48.5 Å². The third-order valence-corrected chi connectivity index (χ3v) is 14.9. The molecule has 0 saturated carbocycles. The van der Waals surface area contributed by atoms with Gasteiger partial charge in [0.15, 0.2) is 0 Å². The highest BCUT2D eigenvalue weighted by atomic mass is 16.5. The molecule has 8 nitrogen and oxygen atoms in total. The molecule has 0 spiro atoms. The summed E-state index contributed by atoms with van der Waals surface area (Å²) in [6.45, 7) is 12.0. The average molecular weight is 1110 g/mol. The molecule has 0 aliphatic carbocycles. The van der Waals surface area contributed by atoms with Gasteiger partial charge in [-0.05, 0) is 196 Å². The Bertz CT molecular complexity index is 2410. The molecule has 0 aliphatic heterocycles. The molecule has 8 heteroatoms. The fraction of sp³-hybridized carbons (Fsp3) is 0.432. The van der Waals surface area contributed by atoms with Gasteiger partial charge in [0.1, 0.15) is 46.0 Å². The van der Waals surface area contributed by atoms with Crippen LogP contribution in [0.25, 0.3) is 0 Å². The molecule has 0 fully saturated rings. The van der Waals surface area contributed by atoms with E-state index in [4.69, 9.17) is 28.4 Å². The van der Waals surface area contributed by atoms with Gasteiger partial charge < -0.3 is 38.2 Å². The Kier molecular flexibility index (Phi) is 28.3. The van der Waals surface area contributed by atoms with Crippen LogP contribution in [-0.4, -0.2) is 26.4 Å². The van der Waals surface area contributed by atoms with E-state index in [1.165, 1.54) is 128 Å². The Morgan fingerprint density at radius 3 is 0.549 bits per heavy atom. The molecule has 7 aromatic rings. The number of rotatable bonds is 42. The minimum absolute atomic E-state index is 0.716. The van der Waals surface area contributed by atoms with Crippen molar-refractivity contribution in [3.63, 3.8) is 0 Å². The Morgan fingerprint density at radius 2 is 0.354 bits per heavy atom. The van der Waals surface area contributed by atoms with Gasteiger partial charge in [-0.25, -0.2) is 0 Å². The molecule has 7 aromatic carbocycles. The largest absolute Gasteiger partial charge is 0.494 e. The summed E-state index contributed by atoms with van der Waals surface area (Å²) in [6.07, 6.45) is 29.8.